The van der Waals surface area contributed by atoms with Crippen molar-refractivity contribution in [1.29, 1.82) is 0 Å². The zero-order chi connectivity index (χ0) is 13.4. The lowest BCUT2D eigenvalue weighted by Crippen LogP contribution is -2.25. The van der Waals surface area contributed by atoms with E-state index in [-0.39, 0.29) is 0 Å². The highest BCUT2D eigenvalue weighted by molar-refractivity contribution is 5.35. The van der Waals surface area contributed by atoms with E-state index in [2.05, 4.69) is 38.2 Å². The second-order valence-corrected chi connectivity index (χ2v) is 4.78. The molecule has 0 saturated carbocycles. The van der Waals surface area contributed by atoms with E-state index in [1.54, 1.807) is 0 Å². The lowest BCUT2D eigenvalue weighted by atomic mass is 10.0. The van der Waals surface area contributed by atoms with E-state index in [1.807, 2.05) is 19.1 Å². The van der Waals surface area contributed by atoms with E-state index in [0.717, 1.165) is 24.8 Å². The van der Waals surface area contributed by atoms with Gasteiger partial charge in [-0.3, -0.25) is 0 Å². The maximum Gasteiger partial charge on any atom is 0.124 e. The molecule has 0 aromatic heterocycles. The van der Waals surface area contributed by atoms with Crippen molar-refractivity contribution in [2.75, 3.05) is 13.2 Å². The molecule has 1 N–H and O–H groups in total. The topological polar surface area (TPSA) is 21.3 Å². The van der Waals surface area contributed by atoms with Gasteiger partial charge in [-0.05, 0) is 32.4 Å². The van der Waals surface area contributed by atoms with E-state index in [9.17, 15) is 0 Å². The molecule has 2 heteroatoms. The molecule has 0 aliphatic carbocycles. The van der Waals surface area contributed by atoms with E-state index in [1.165, 1.54) is 18.4 Å². The number of para-hydroxylation sites is 1. The van der Waals surface area contributed by atoms with Crippen molar-refractivity contribution >= 4 is 0 Å². The Bertz CT molecular complexity index is 334. The van der Waals surface area contributed by atoms with Gasteiger partial charge in [0.25, 0.3) is 0 Å². The second kappa shape index (κ2) is 8.15. The minimum absolute atomic E-state index is 0.341. The summed E-state index contributed by atoms with van der Waals surface area (Å²) in [6.45, 7) is 10.5. The molecule has 0 bridgehead atoms. The van der Waals surface area contributed by atoms with Gasteiger partial charge in [0.05, 0.1) is 6.61 Å². The van der Waals surface area contributed by atoms with Crippen molar-refractivity contribution in [3.05, 3.63) is 29.8 Å². The Hall–Kier alpha value is -1.02. The van der Waals surface area contributed by atoms with Crippen LogP contribution in [0.15, 0.2) is 24.3 Å². The van der Waals surface area contributed by atoms with Crippen LogP contribution in [0.2, 0.25) is 0 Å². The van der Waals surface area contributed by atoms with Crippen molar-refractivity contribution in [1.82, 2.24) is 5.32 Å². The van der Waals surface area contributed by atoms with Crippen molar-refractivity contribution in [3.8, 4) is 5.75 Å². The molecule has 1 atom stereocenters. The molecule has 1 unspecified atom stereocenters. The van der Waals surface area contributed by atoms with Crippen molar-refractivity contribution in [3.63, 3.8) is 0 Å². The summed E-state index contributed by atoms with van der Waals surface area (Å²) < 4.78 is 5.68. The van der Waals surface area contributed by atoms with Crippen LogP contribution in [0.1, 0.15) is 52.1 Å². The normalized spacial score (nSPS) is 12.7. The minimum atomic E-state index is 0.341. The average Bonchev–Trinajstić information content (AvgIpc) is 2.40. The van der Waals surface area contributed by atoms with E-state index in [4.69, 9.17) is 4.74 Å². The van der Waals surface area contributed by atoms with Gasteiger partial charge in [0.15, 0.2) is 0 Å². The number of hydrogen-bond donors (Lipinski definition) is 1. The zero-order valence-electron chi connectivity index (χ0n) is 12.2. The molecule has 0 spiro atoms. The largest absolute Gasteiger partial charge is 0.494 e. The molecule has 0 aliphatic heterocycles. The summed E-state index contributed by atoms with van der Waals surface area (Å²) in [5.74, 6) is 1.77. The first-order valence-electron chi connectivity index (χ1n) is 7.17. The Morgan fingerprint density at radius 3 is 2.39 bits per heavy atom. The Kier molecular flexibility index (Phi) is 6.81. The highest BCUT2D eigenvalue weighted by Gasteiger charge is 2.12. The van der Waals surface area contributed by atoms with Gasteiger partial charge >= 0.3 is 0 Å². The first-order valence-corrected chi connectivity index (χ1v) is 7.17. The third-order valence-electron chi connectivity index (χ3n) is 3.55. The Morgan fingerprint density at radius 1 is 1.11 bits per heavy atom. The van der Waals surface area contributed by atoms with Gasteiger partial charge < -0.3 is 10.1 Å². The Morgan fingerprint density at radius 2 is 1.78 bits per heavy atom. The summed E-state index contributed by atoms with van der Waals surface area (Å²) in [6.07, 6.45) is 2.48. The molecule has 0 amide bonds. The van der Waals surface area contributed by atoms with E-state index < -0.39 is 0 Å². The van der Waals surface area contributed by atoms with Crippen LogP contribution in [0.4, 0.5) is 0 Å². The first kappa shape index (κ1) is 15.0. The molecule has 0 radical (unpaired) electrons. The average molecular weight is 249 g/mol. The van der Waals surface area contributed by atoms with Gasteiger partial charge in [-0.25, -0.2) is 0 Å². The molecule has 0 aliphatic rings. The maximum atomic E-state index is 5.68. The monoisotopic (exact) mass is 249 g/mol. The molecule has 1 rings (SSSR count). The minimum Gasteiger partial charge on any atom is -0.494 e. The fraction of sp³-hybridized carbons (Fsp3) is 0.625. The predicted octanol–water partition coefficient (Wildman–Crippen LogP) is 4.17. The molecule has 0 fully saturated rings. The third kappa shape index (κ3) is 4.34. The molecule has 1 aromatic carbocycles. The number of nitrogens with one attached hydrogen (secondary N) is 1. The summed E-state index contributed by atoms with van der Waals surface area (Å²) in [4.78, 5) is 0. The summed E-state index contributed by atoms with van der Waals surface area (Å²) in [6, 6.07) is 8.65. The van der Waals surface area contributed by atoms with Crippen molar-refractivity contribution < 1.29 is 4.74 Å². The van der Waals surface area contributed by atoms with Gasteiger partial charge in [0.1, 0.15) is 5.75 Å². The van der Waals surface area contributed by atoms with Crippen LogP contribution in [0.25, 0.3) is 0 Å². The smallest absolute Gasteiger partial charge is 0.124 e. The van der Waals surface area contributed by atoms with E-state index >= 15 is 0 Å². The molecule has 18 heavy (non-hydrogen) atoms. The second-order valence-electron chi connectivity index (χ2n) is 4.78. The zero-order valence-corrected chi connectivity index (χ0v) is 12.2. The predicted molar refractivity (Wildman–Crippen MR) is 78.1 cm³/mol. The number of rotatable bonds is 8. The molecular formula is C16H27NO. The summed E-state index contributed by atoms with van der Waals surface area (Å²) in [5.41, 5.74) is 1.25. The number of benzene rings is 1. The molecule has 102 valence electrons. The van der Waals surface area contributed by atoms with Crippen LogP contribution in [0, 0.1) is 5.92 Å². The molecule has 0 heterocycles. The summed E-state index contributed by atoms with van der Waals surface area (Å²) >= 11 is 0. The molecular weight excluding hydrogens is 222 g/mol. The molecule has 2 nitrogen and oxygen atoms in total. The van der Waals surface area contributed by atoms with Crippen LogP contribution in [0.5, 0.6) is 5.75 Å². The lowest BCUT2D eigenvalue weighted by Gasteiger charge is -2.21. The van der Waals surface area contributed by atoms with Crippen LogP contribution in [-0.4, -0.2) is 13.2 Å². The first-order chi connectivity index (χ1) is 8.72. The van der Waals surface area contributed by atoms with E-state index in [0.29, 0.717) is 6.04 Å². The summed E-state index contributed by atoms with van der Waals surface area (Å²) in [5, 5.41) is 3.62. The lowest BCUT2D eigenvalue weighted by molar-refractivity contribution is 0.330. The van der Waals surface area contributed by atoms with Crippen LogP contribution < -0.4 is 10.1 Å². The van der Waals surface area contributed by atoms with Crippen LogP contribution in [0.3, 0.4) is 0 Å². The standard InChI is InChI=1S/C16H27NO/c1-5-14(6-2)12-17-13(4)15-10-8-9-11-16(15)18-7-3/h8-11,13-14,17H,5-7,12H2,1-4H3. The Balaban J connectivity index is 2.62. The van der Waals surface area contributed by atoms with Gasteiger partial charge in [0.2, 0.25) is 0 Å². The van der Waals surface area contributed by atoms with Crippen molar-refractivity contribution in [2.24, 2.45) is 5.92 Å². The number of hydrogen-bond acceptors (Lipinski definition) is 2. The number of ether oxygens (including phenoxy) is 1. The van der Waals surface area contributed by atoms with Crippen LogP contribution >= 0.6 is 0 Å². The van der Waals surface area contributed by atoms with Crippen LogP contribution in [-0.2, 0) is 0 Å². The van der Waals surface area contributed by atoms with Gasteiger partial charge in [-0.15, -0.1) is 0 Å². The third-order valence-corrected chi connectivity index (χ3v) is 3.55. The van der Waals surface area contributed by atoms with Gasteiger partial charge in [0, 0.05) is 11.6 Å². The fourth-order valence-corrected chi connectivity index (χ4v) is 2.16. The van der Waals surface area contributed by atoms with Gasteiger partial charge in [-0.1, -0.05) is 44.9 Å². The summed E-state index contributed by atoms with van der Waals surface area (Å²) in [7, 11) is 0. The molecule has 1 aromatic rings. The fourth-order valence-electron chi connectivity index (χ4n) is 2.16. The SMILES string of the molecule is CCOc1ccccc1C(C)NCC(CC)CC. The maximum absolute atomic E-state index is 5.68. The quantitative estimate of drug-likeness (QED) is 0.746. The highest BCUT2D eigenvalue weighted by atomic mass is 16.5. The van der Waals surface area contributed by atoms with Crippen molar-refractivity contribution in [2.45, 2.75) is 46.6 Å². The Labute approximate surface area is 112 Å². The van der Waals surface area contributed by atoms with Gasteiger partial charge in [-0.2, -0.15) is 0 Å². The highest BCUT2D eigenvalue weighted by Crippen LogP contribution is 2.25. The molecule has 0 saturated heterocycles.